The van der Waals surface area contributed by atoms with Gasteiger partial charge in [-0.2, -0.15) is 5.10 Å². The highest BCUT2D eigenvalue weighted by Gasteiger charge is 2.25. The van der Waals surface area contributed by atoms with Crippen LogP contribution in [-0.2, 0) is 11.3 Å². The first-order valence-corrected chi connectivity index (χ1v) is 6.01. The van der Waals surface area contributed by atoms with Gasteiger partial charge in [0.15, 0.2) is 0 Å². The SMILES string of the molecule is CC1CC(N)CN(C(=O)CCn2cncn2)C1. The summed E-state index contributed by atoms with van der Waals surface area (Å²) in [6.07, 6.45) is 4.57. The molecule has 0 spiro atoms. The molecule has 1 amide bonds. The van der Waals surface area contributed by atoms with Crippen molar-refractivity contribution in [3.63, 3.8) is 0 Å². The van der Waals surface area contributed by atoms with E-state index in [9.17, 15) is 4.79 Å². The minimum absolute atomic E-state index is 0.120. The molecule has 0 aromatic carbocycles. The van der Waals surface area contributed by atoms with Crippen molar-refractivity contribution in [1.82, 2.24) is 19.7 Å². The van der Waals surface area contributed by atoms with Gasteiger partial charge in [0.2, 0.25) is 5.91 Å². The Morgan fingerprint density at radius 2 is 2.35 bits per heavy atom. The molecule has 2 atom stereocenters. The maximum Gasteiger partial charge on any atom is 0.224 e. The molecule has 6 nitrogen and oxygen atoms in total. The second-order valence-corrected chi connectivity index (χ2v) is 4.81. The van der Waals surface area contributed by atoms with Gasteiger partial charge in [0.1, 0.15) is 12.7 Å². The zero-order valence-corrected chi connectivity index (χ0v) is 10.1. The minimum atomic E-state index is 0.120. The first-order valence-electron chi connectivity index (χ1n) is 6.01. The maximum atomic E-state index is 12.0. The van der Waals surface area contributed by atoms with Crippen LogP contribution in [0.1, 0.15) is 19.8 Å². The van der Waals surface area contributed by atoms with Crippen molar-refractivity contribution in [3.8, 4) is 0 Å². The van der Waals surface area contributed by atoms with Gasteiger partial charge >= 0.3 is 0 Å². The molecule has 17 heavy (non-hydrogen) atoms. The molecule has 1 saturated heterocycles. The standard InChI is InChI=1S/C11H19N5O/c1-9-4-10(12)6-15(5-9)11(17)2-3-16-8-13-7-14-16/h7-10H,2-6,12H2,1H3. The molecule has 0 bridgehead atoms. The lowest BCUT2D eigenvalue weighted by Gasteiger charge is -2.34. The van der Waals surface area contributed by atoms with E-state index < -0.39 is 0 Å². The summed E-state index contributed by atoms with van der Waals surface area (Å²) in [5, 5.41) is 3.97. The number of carbonyl (C=O) groups is 1. The minimum Gasteiger partial charge on any atom is -0.341 e. The van der Waals surface area contributed by atoms with E-state index >= 15 is 0 Å². The van der Waals surface area contributed by atoms with Crippen LogP contribution >= 0.6 is 0 Å². The third-order valence-corrected chi connectivity index (χ3v) is 3.07. The summed E-state index contributed by atoms with van der Waals surface area (Å²) < 4.78 is 1.67. The molecule has 1 aromatic heterocycles. The molecule has 1 aliphatic heterocycles. The molecule has 2 N–H and O–H groups in total. The number of aromatic nitrogens is 3. The molecule has 2 heterocycles. The van der Waals surface area contributed by atoms with Gasteiger partial charge in [0, 0.05) is 25.6 Å². The average Bonchev–Trinajstić information content (AvgIpc) is 2.77. The van der Waals surface area contributed by atoms with Crippen molar-refractivity contribution >= 4 is 5.91 Å². The molecular weight excluding hydrogens is 218 g/mol. The Morgan fingerprint density at radius 1 is 1.53 bits per heavy atom. The Morgan fingerprint density at radius 3 is 3.00 bits per heavy atom. The normalized spacial score (nSPS) is 24.9. The van der Waals surface area contributed by atoms with Crippen LogP contribution in [0.2, 0.25) is 0 Å². The Hall–Kier alpha value is -1.43. The number of piperidine rings is 1. The highest BCUT2D eigenvalue weighted by molar-refractivity contribution is 5.76. The quantitative estimate of drug-likeness (QED) is 0.794. The number of aryl methyl sites for hydroxylation is 1. The van der Waals surface area contributed by atoms with Crippen molar-refractivity contribution < 1.29 is 4.79 Å². The van der Waals surface area contributed by atoms with Gasteiger partial charge in [-0.05, 0) is 12.3 Å². The third-order valence-electron chi connectivity index (χ3n) is 3.07. The fourth-order valence-electron chi connectivity index (χ4n) is 2.32. The summed E-state index contributed by atoms with van der Waals surface area (Å²) in [4.78, 5) is 17.7. The fourth-order valence-corrected chi connectivity index (χ4v) is 2.32. The maximum absolute atomic E-state index is 12.0. The predicted octanol–water partition coefficient (Wildman–Crippen LogP) is -0.136. The molecule has 6 heteroatoms. The second kappa shape index (κ2) is 5.27. The predicted molar refractivity (Wildman–Crippen MR) is 63.0 cm³/mol. The van der Waals surface area contributed by atoms with Crippen LogP contribution in [-0.4, -0.2) is 44.7 Å². The molecule has 2 unspecified atom stereocenters. The molecular formula is C11H19N5O. The van der Waals surface area contributed by atoms with E-state index in [1.165, 1.54) is 6.33 Å². The number of likely N-dealkylation sites (tertiary alicyclic amines) is 1. The molecule has 0 aliphatic carbocycles. The van der Waals surface area contributed by atoms with Crippen LogP contribution in [0.5, 0.6) is 0 Å². The van der Waals surface area contributed by atoms with Crippen molar-refractivity contribution in [3.05, 3.63) is 12.7 Å². The lowest BCUT2D eigenvalue weighted by Crippen LogP contribution is -2.49. The second-order valence-electron chi connectivity index (χ2n) is 4.81. The van der Waals surface area contributed by atoms with Gasteiger partial charge in [0.25, 0.3) is 0 Å². The van der Waals surface area contributed by atoms with E-state index in [-0.39, 0.29) is 11.9 Å². The summed E-state index contributed by atoms with van der Waals surface area (Å²) in [7, 11) is 0. The number of rotatable bonds is 3. The molecule has 0 radical (unpaired) electrons. The lowest BCUT2D eigenvalue weighted by molar-refractivity contribution is -0.133. The van der Waals surface area contributed by atoms with E-state index in [4.69, 9.17) is 5.73 Å². The van der Waals surface area contributed by atoms with E-state index in [1.807, 2.05) is 4.90 Å². The van der Waals surface area contributed by atoms with Gasteiger partial charge < -0.3 is 10.6 Å². The van der Waals surface area contributed by atoms with E-state index in [2.05, 4.69) is 17.0 Å². The lowest BCUT2D eigenvalue weighted by atomic mass is 9.96. The van der Waals surface area contributed by atoms with E-state index in [1.54, 1.807) is 11.0 Å². The van der Waals surface area contributed by atoms with Crippen LogP contribution in [0.15, 0.2) is 12.7 Å². The zero-order chi connectivity index (χ0) is 12.3. The van der Waals surface area contributed by atoms with Crippen molar-refractivity contribution in [2.24, 2.45) is 11.7 Å². The Bertz CT molecular complexity index is 354. The zero-order valence-electron chi connectivity index (χ0n) is 10.1. The topological polar surface area (TPSA) is 77.0 Å². The van der Waals surface area contributed by atoms with Crippen LogP contribution in [0.25, 0.3) is 0 Å². The first-order chi connectivity index (χ1) is 8.15. The van der Waals surface area contributed by atoms with Crippen LogP contribution < -0.4 is 5.73 Å². The number of nitrogens with zero attached hydrogens (tertiary/aromatic N) is 4. The number of nitrogens with two attached hydrogens (primary N) is 1. The summed E-state index contributed by atoms with van der Waals surface area (Å²) in [5.41, 5.74) is 5.92. The number of hydrogen-bond donors (Lipinski definition) is 1. The Balaban J connectivity index is 1.83. The van der Waals surface area contributed by atoms with Gasteiger partial charge in [-0.15, -0.1) is 0 Å². The van der Waals surface area contributed by atoms with Crippen LogP contribution in [0.4, 0.5) is 0 Å². The Kier molecular flexibility index (Phi) is 3.73. The van der Waals surface area contributed by atoms with E-state index in [0.29, 0.717) is 25.4 Å². The molecule has 94 valence electrons. The number of hydrogen-bond acceptors (Lipinski definition) is 4. The Labute approximate surface area is 101 Å². The van der Waals surface area contributed by atoms with Crippen molar-refractivity contribution in [2.45, 2.75) is 32.4 Å². The van der Waals surface area contributed by atoms with Gasteiger partial charge in [-0.25, -0.2) is 4.98 Å². The van der Waals surface area contributed by atoms with Gasteiger partial charge in [-0.3, -0.25) is 9.48 Å². The first kappa shape index (κ1) is 12.0. The number of amides is 1. The van der Waals surface area contributed by atoms with Crippen molar-refractivity contribution in [1.29, 1.82) is 0 Å². The molecule has 1 aromatic rings. The summed E-state index contributed by atoms with van der Waals surface area (Å²) >= 11 is 0. The highest BCUT2D eigenvalue weighted by Crippen LogP contribution is 2.15. The van der Waals surface area contributed by atoms with Gasteiger partial charge in [0.05, 0.1) is 6.54 Å². The van der Waals surface area contributed by atoms with Crippen molar-refractivity contribution in [2.75, 3.05) is 13.1 Å². The number of carbonyl (C=O) groups excluding carboxylic acids is 1. The monoisotopic (exact) mass is 237 g/mol. The fraction of sp³-hybridized carbons (Fsp3) is 0.727. The highest BCUT2D eigenvalue weighted by atomic mass is 16.2. The summed E-state index contributed by atoms with van der Waals surface area (Å²) in [6.45, 7) is 4.22. The smallest absolute Gasteiger partial charge is 0.224 e. The summed E-state index contributed by atoms with van der Waals surface area (Å²) in [5.74, 6) is 0.650. The largest absolute Gasteiger partial charge is 0.341 e. The molecule has 1 aliphatic rings. The molecule has 0 saturated carbocycles. The molecule has 2 rings (SSSR count). The third kappa shape index (κ3) is 3.26. The molecule has 1 fully saturated rings. The van der Waals surface area contributed by atoms with E-state index in [0.717, 1.165) is 13.0 Å². The van der Waals surface area contributed by atoms with Crippen LogP contribution in [0, 0.1) is 5.92 Å². The van der Waals surface area contributed by atoms with Gasteiger partial charge in [-0.1, -0.05) is 6.92 Å². The van der Waals surface area contributed by atoms with Crippen LogP contribution in [0.3, 0.4) is 0 Å². The summed E-state index contributed by atoms with van der Waals surface area (Å²) in [6, 6.07) is 0.120. The average molecular weight is 237 g/mol.